The van der Waals surface area contributed by atoms with E-state index in [1.165, 1.54) is 6.07 Å². The van der Waals surface area contributed by atoms with E-state index in [0.29, 0.717) is 19.0 Å². The van der Waals surface area contributed by atoms with Crippen molar-refractivity contribution in [2.45, 2.75) is 0 Å². The summed E-state index contributed by atoms with van der Waals surface area (Å²) in [5, 5.41) is 12.2. The Morgan fingerprint density at radius 2 is 2.50 bits per heavy atom. The molecule has 5 nitrogen and oxygen atoms in total. The highest BCUT2D eigenvalue weighted by atomic mass is 16.5. The Hall–Kier alpha value is -1.23. The molecule has 1 heterocycles. The molecule has 0 saturated carbocycles. The first-order chi connectivity index (χ1) is 5.74. The van der Waals surface area contributed by atoms with Crippen LogP contribution in [0.1, 0.15) is 0 Å². The van der Waals surface area contributed by atoms with Gasteiger partial charge in [-0.1, -0.05) is 0 Å². The zero-order valence-electron chi connectivity index (χ0n) is 7.15. The second-order valence-electron chi connectivity index (χ2n) is 2.44. The Labute approximate surface area is 70.5 Å². The summed E-state index contributed by atoms with van der Waals surface area (Å²) in [6.45, 7) is 1.31. The number of hydrogen-bond acceptors (Lipinski definition) is 5. The molecule has 1 aromatic rings. The topological polar surface area (TPSA) is 58.7 Å². The van der Waals surface area contributed by atoms with Gasteiger partial charge in [0.1, 0.15) is 0 Å². The predicted octanol–water partition coefficient (Wildman–Crippen LogP) is 0.463. The molecule has 0 aliphatic rings. The molecule has 0 bridgehead atoms. The molecule has 12 heavy (non-hydrogen) atoms. The normalized spacial score (nSPS) is 10.2. The quantitative estimate of drug-likeness (QED) is 0.715. The first-order valence-electron chi connectivity index (χ1n) is 3.60. The predicted molar refractivity (Wildman–Crippen MR) is 43.3 cm³/mol. The summed E-state index contributed by atoms with van der Waals surface area (Å²) in [7, 11) is 3.46. The van der Waals surface area contributed by atoms with E-state index in [-0.39, 0.29) is 5.88 Å². The molecule has 0 amide bonds. The zero-order chi connectivity index (χ0) is 8.97. The number of aromatic nitrogens is 1. The SMILES string of the molecule is COCCN(C)c1cc(O)no1. The van der Waals surface area contributed by atoms with Crippen LogP contribution in [0.15, 0.2) is 10.6 Å². The van der Waals surface area contributed by atoms with E-state index in [1.54, 1.807) is 12.0 Å². The van der Waals surface area contributed by atoms with Crippen LogP contribution in [0.4, 0.5) is 5.88 Å². The fourth-order valence-electron chi connectivity index (χ4n) is 0.775. The highest BCUT2D eigenvalue weighted by Gasteiger charge is 2.06. The van der Waals surface area contributed by atoms with Gasteiger partial charge in [-0.25, -0.2) is 0 Å². The lowest BCUT2D eigenvalue weighted by Crippen LogP contribution is -2.21. The van der Waals surface area contributed by atoms with E-state index < -0.39 is 0 Å². The molecule has 1 rings (SSSR count). The smallest absolute Gasteiger partial charge is 0.253 e. The third kappa shape index (κ3) is 2.13. The van der Waals surface area contributed by atoms with Gasteiger partial charge >= 0.3 is 0 Å². The average Bonchev–Trinajstić information content (AvgIpc) is 2.47. The third-order valence-electron chi connectivity index (χ3n) is 1.49. The van der Waals surface area contributed by atoms with E-state index >= 15 is 0 Å². The minimum Gasteiger partial charge on any atom is -0.491 e. The third-order valence-corrected chi connectivity index (χ3v) is 1.49. The van der Waals surface area contributed by atoms with Crippen molar-refractivity contribution in [3.05, 3.63) is 6.07 Å². The lowest BCUT2D eigenvalue weighted by atomic mass is 10.5. The summed E-state index contributed by atoms with van der Waals surface area (Å²) in [6.07, 6.45) is 0. The highest BCUT2D eigenvalue weighted by Crippen LogP contribution is 2.17. The van der Waals surface area contributed by atoms with Gasteiger partial charge in [0.05, 0.1) is 12.7 Å². The molecule has 0 aliphatic heterocycles. The maximum absolute atomic E-state index is 8.86. The van der Waals surface area contributed by atoms with Gasteiger partial charge in [0.15, 0.2) is 0 Å². The average molecular weight is 172 g/mol. The molecule has 1 N–H and O–H groups in total. The van der Waals surface area contributed by atoms with Crippen molar-refractivity contribution < 1.29 is 14.4 Å². The van der Waals surface area contributed by atoms with Crippen LogP contribution in [0.25, 0.3) is 0 Å². The Bertz CT molecular complexity index is 236. The summed E-state index contributed by atoms with van der Waals surface area (Å²) in [5.74, 6) is 0.429. The Morgan fingerprint density at radius 1 is 1.75 bits per heavy atom. The van der Waals surface area contributed by atoms with Crippen LogP contribution in [0, 0.1) is 0 Å². The van der Waals surface area contributed by atoms with E-state index in [0.717, 1.165) is 0 Å². The fourth-order valence-corrected chi connectivity index (χ4v) is 0.775. The Balaban J connectivity index is 2.47. The summed E-state index contributed by atoms with van der Waals surface area (Å²) in [5.41, 5.74) is 0. The minimum atomic E-state index is -0.103. The van der Waals surface area contributed by atoms with E-state index in [1.807, 2.05) is 7.05 Å². The first-order valence-corrected chi connectivity index (χ1v) is 3.60. The standard InChI is InChI=1S/C7H12N2O3/c1-9(3-4-11-2)7-5-6(10)8-12-7/h5H,3-4H2,1-2H3,(H,8,10). The van der Waals surface area contributed by atoms with Crippen molar-refractivity contribution in [1.82, 2.24) is 5.16 Å². The molecule has 68 valence electrons. The van der Waals surface area contributed by atoms with Crippen molar-refractivity contribution in [2.24, 2.45) is 0 Å². The summed E-state index contributed by atoms with van der Waals surface area (Å²) in [6, 6.07) is 1.45. The van der Waals surface area contributed by atoms with Gasteiger partial charge in [0.2, 0.25) is 5.88 Å². The molecule has 5 heteroatoms. The Kier molecular flexibility index (Phi) is 2.93. The molecule has 0 spiro atoms. The highest BCUT2D eigenvalue weighted by molar-refractivity contribution is 5.36. The van der Waals surface area contributed by atoms with E-state index in [9.17, 15) is 0 Å². The van der Waals surface area contributed by atoms with Crippen LogP contribution in [0.2, 0.25) is 0 Å². The van der Waals surface area contributed by atoms with Crippen LogP contribution >= 0.6 is 0 Å². The van der Waals surface area contributed by atoms with Crippen LogP contribution in [0.5, 0.6) is 5.88 Å². The maximum Gasteiger partial charge on any atom is 0.253 e. The minimum absolute atomic E-state index is 0.103. The molecule has 1 aromatic heterocycles. The maximum atomic E-state index is 8.86. The number of ether oxygens (including phenoxy) is 1. The van der Waals surface area contributed by atoms with E-state index in [4.69, 9.17) is 14.4 Å². The second kappa shape index (κ2) is 3.96. The number of likely N-dealkylation sites (N-methyl/N-ethyl adjacent to an activating group) is 1. The number of nitrogens with zero attached hydrogens (tertiary/aromatic N) is 2. The van der Waals surface area contributed by atoms with E-state index in [2.05, 4.69) is 5.16 Å². The summed E-state index contributed by atoms with van der Waals surface area (Å²) >= 11 is 0. The van der Waals surface area contributed by atoms with Gasteiger partial charge in [0, 0.05) is 20.7 Å². The lowest BCUT2D eigenvalue weighted by molar-refractivity contribution is 0.205. The van der Waals surface area contributed by atoms with Gasteiger partial charge in [-0.2, -0.15) is 0 Å². The van der Waals surface area contributed by atoms with Crippen LogP contribution in [0.3, 0.4) is 0 Å². The number of anilines is 1. The Morgan fingerprint density at radius 3 is 3.00 bits per heavy atom. The first kappa shape index (κ1) is 8.86. The summed E-state index contributed by atoms with van der Waals surface area (Å²) < 4.78 is 9.67. The van der Waals surface area contributed by atoms with Gasteiger partial charge in [0.25, 0.3) is 5.88 Å². The van der Waals surface area contributed by atoms with Crippen molar-refractivity contribution in [1.29, 1.82) is 0 Å². The number of hydrogen-bond donors (Lipinski definition) is 1. The molecular formula is C7H12N2O3. The van der Waals surface area contributed by atoms with Crippen LogP contribution in [-0.4, -0.2) is 37.6 Å². The van der Waals surface area contributed by atoms with Gasteiger partial charge < -0.3 is 19.3 Å². The number of methoxy groups -OCH3 is 1. The second-order valence-corrected chi connectivity index (χ2v) is 2.44. The van der Waals surface area contributed by atoms with Crippen molar-refractivity contribution >= 4 is 5.88 Å². The van der Waals surface area contributed by atoms with Crippen molar-refractivity contribution in [2.75, 3.05) is 32.2 Å². The molecule has 0 atom stereocenters. The van der Waals surface area contributed by atoms with Crippen molar-refractivity contribution in [3.63, 3.8) is 0 Å². The molecule has 0 fully saturated rings. The number of aromatic hydroxyl groups is 1. The van der Waals surface area contributed by atoms with Gasteiger partial charge in [-0.3, -0.25) is 0 Å². The molecule has 0 aromatic carbocycles. The molecule has 0 unspecified atom stereocenters. The monoisotopic (exact) mass is 172 g/mol. The molecule has 0 saturated heterocycles. The summed E-state index contributed by atoms with van der Waals surface area (Å²) in [4.78, 5) is 1.80. The zero-order valence-corrected chi connectivity index (χ0v) is 7.15. The van der Waals surface area contributed by atoms with Crippen LogP contribution in [-0.2, 0) is 4.74 Å². The van der Waals surface area contributed by atoms with Crippen LogP contribution < -0.4 is 4.90 Å². The van der Waals surface area contributed by atoms with Gasteiger partial charge in [-0.05, 0) is 5.16 Å². The molecule has 0 radical (unpaired) electrons. The fraction of sp³-hybridized carbons (Fsp3) is 0.571. The largest absolute Gasteiger partial charge is 0.491 e. The lowest BCUT2D eigenvalue weighted by Gasteiger charge is -2.12. The van der Waals surface area contributed by atoms with Crippen molar-refractivity contribution in [3.8, 4) is 5.88 Å². The van der Waals surface area contributed by atoms with Gasteiger partial charge in [-0.15, -0.1) is 0 Å². The number of rotatable bonds is 4. The molecular weight excluding hydrogens is 160 g/mol. The molecule has 0 aliphatic carbocycles.